The number of hydrogen-bond acceptors (Lipinski definition) is 3. The van der Waals surface area contributed by atoms with Crippen molar-refractivity contribution in [3.8, 4) is 0 Å². The highest BCUT2D eigenvalue weighted by molar-refractivity contribution is 7.09. The van der Waals surface area contributed by atoms with E-state index in [0.717, 1.165) is 12.1 Å². The summed E-state index contributed by atoms with van der Waals surface area (Å²) in [6.45, 7) is 2.02. The van der Waals surface area contributed by atoms with Crippen LogP contribution in [0.3, 0.4) is 0 Å². The van der Waals surface area contributed by atoms with Gasteiger partial charge in [0.2, 0.25) is 0 Å². The van der Waals surface area contributed by atoms with Crippen LogP contribution in [0.15, 0.2) is 48.0 Å². The minimum atomic E-state index is 0.0262. The lowest BCUT2D eigenvalue weighted by Gasteiger charge is -2.12. The van der Waals surface area contributed by atoms with E-state index < -0.39 is 0 Å². The molecular formula is C16H16N2S. The molecule has 3 rings (SSSR count). The third-order valence-electron chi connectivity index (χ3n) is 3.44. The number of benzene rings is 2. The lowest BCUT2D eigenvalue weighted by atomic mass is 9.98. The van der Waals surface area contributed by atoms with Gasteiger partial charge in [0.1, 0.15) is 0 Å². The van der Waals surface area contributed by atoms with Crippen LogP contribution in [0.4, 0.5) is 0 Å². The number of aromatic nitrogens is 1. The summed E-state index contributed by atoms with van der Waals surface area (Å²) in [5.41, 5.74) is 10.6. The molecule has 3 aromatic rings. The molecule has 0 spiro atoms. The van der Waals surface area contributed by atoms with Gasteiger partial charge >= 0.3 is 0 Å². The number of rotatable bonds is 3. The van der Waals surface area contributed by atoms with E-state index in [1.54, 1.807) is 11.3 Å². The van der Waals surface area contributed by atoms with Crippen LogP contribution in [-0.4, -0.2) is 4.98 Å². The highest BCUT2D eigenvalue weighted by atomic mass is 32.1. The maximum atomic E-state index is 6.33. The van der Waals surface area contributed by atoms with Gasteiger partial charge in [0.25, 0.3) is 0 Å². The lowest BCUT2D eigenvalue weighted by Crippen LogP contribution is -2.13. The molecule has 96 valence electrons. The summed E-state index contributed by atoms with van der Waals surface area (Å²) in [6.07, 6.45) is 0.852. The topological polar surface area (TPSA) is 38.9 Å². The number of hydrogen-bond donors (Lipinski definition) is 1. The Morgan fingerprint density at radius 3 is 2.74 bits per heavy atom. The Morgan fingerprint density at radius 1 is 1.16 bits per heavy atom. The highest BCUT2D eigenvalue weighted by Crippen LogP contribution is 2.26. The molecule has 0 saturated carbocycles. The van der Waals surface area contributed by atoms with Gasteiger partial charge in [-0.25, -0.2) is 4.98 Å². The van der Waals surface area contributed by atoms with Crippen molar-refractivity contribution >= 4 is 22.1 Å². The number of fused-ring (bicyclic) bond motifs is 1. The fourth-order valence-corrected chi connectivity index (χ4v) is 3.27. The monoisotopic (exact) mass is 268 g/mol. The molecule has 1 atom stereocenters. The predicted octanol–water partition coefficient (Wildman–Crippen LogP) is 3.85. The maximum absolute atomic E-state index is 6.33. The molecule has 0 saturated heterocycles. The highest BCUT2D eigenvalue weighted by Gasteiger charge is 2.13. The van der Waals surface area contributed by atoms with E-state index in [2.05, 4.69) is 47.4 Å². The van der Waals surface area contributed by atoms with Gasteiger partial charge in [0.15, 0.2) is 0 Å². The summed E-state index contributed by atoms with van der Waals surface area (Å²) in [6, 6.07) is 14.9. The van der Waals surface area contributed by atoms with E-state index in [1.165, 1.54) is 21.2 Å². The van der Waals surface area contributed by atoms with Crippen molar-refractivity contribution in [1.29, 1.82) is 0 Å². The standard InChI is InChI=1S/C16H16N2S/c1-11-16(19-10-18-11)15(17)9-13-7-4-6-12-5-2-3-8-14(12)13/h2-8,10,15H,9,17H2,1H3. The van der Waals surface area contributed by atoms with Gasteiger partial charge in [-0.15, -0.1) is 11.3 Å². The molecule has 19 heavy (non-hydrogen) atoms. The van der Waals surface area contributed by atoms with Crippen LogP contribution in [0.5, 0.6) is 0 Å². The average molecular weight is 268 g/mol. The third kappa shape index (κ3) is 2.39. The summed E-state index contributed by atoms with van der Waals surface area (Å²) in [5.74, 6) is 0. The van der Waals surface area contributed by atoms with E-state index in [-0.39, 0.29) is 6.04 Å². The molecule has 0 aliphatic carbocycles. The van der Waals surface area contributed by atoms with Gasteiger partial charge in [-0.05, 0) is 29.7 Å². The minimum absolute atomic E-state index is 0.0262. The number of aryl methyl sites for hydroxylation is 1. The first-order valence-corrected chi connectivity index (χ1v) is 7.26. The third-order valence-corrected chi connectivity index (χ3v) is 4.50. The molecule has 0 amide bonds. The van der Waals surface area contributed by atoms with E-state index in [0.29, 0.717) is 0 Å². The van der Waals surface area contributed by atoms with Gasteiger partial charge in [0, 0.05) is 10.9 Å². The fourth-order valence-electron chi connectivity index (χ4n) is 2.47. The van der Waals surface area contributed by atoms with Crippen LogP contribution in [-0.2, 0) is 6.42 Å². The Labute approximate surface area is 116 Å². The van der Waals surface area contributed by atoms with Crippen molar-refractivity contribution in [2.75, 3.05) is 0 Å². The SMILES string of the molecule is Cc1ncsc1C(N)Cc1cccc2ccccc12. The Morgan fingerprint density at radius 2 is 1.95 bits per heavy atom. The Kier molecular flexibility index (Phi) is 3.32. The zero-order chi connectivity index (χ0) is 13.2. The van der Waals surface area contributed by atoms with Gasteiger partial charge in [-0.3, -0.25) is 0 Å². The smallest absolute Gasteiger partial charge is 0.0798 e. The van der Waals surface area contributed by atoms with Gasteiger partial charge in [0.05, 0.1) is 11.2 Å². The molecule has 0 bridgehead atoms. The van der Waals surface area contributed by atoms with Gasteiger partial charge in [-0.2, -0.15) is 0 Å². The van der Waals surface area contributed by atoms with Crippen LogP contribution in [0.1, 0.15) is 22.2 Å². The second kappa shape index (κ2) is 5.11. The van der Waals surface area contributed by atoms with Crippen molar-refractivity contribution in [2.45, 2.75) is 19.4 Å². The van der Waals surface area contributed by atoms with Crippen LogP contribution >= 0.6 is 11.3 Å². The maximum Gasteiger partial charge on any atom is 0.0798 e. The van der Waals surface area contributed by atoms with Crippen molar-refractivity contribution in [3.05, 3.63) is 64.1 Å². The second-order valence-electron chi connectivity index (χ2n) is 4.75. The fraction of sp³-hybridized carbons (Fsp3) is 0.188. The Hall–Kier alpha value is -1.71. The largest absolute Gasteiger partial charge is 0.323 e. The first kappa shape index (κ1) is 12.3. The van der Waals surface area contributed by atoms with E-state index >= 15 is 0 Å². The normalized spacial score (nSPS) is 12.7. The summed E-state index contributed by atoms with van der Waals surface area (Å²) in [5, 5.41) is 2.57. The number of nitrogens with zero attached hydrogens (tertiary/aromatic N) is 1. The van der Waals surface area contributed by atoms with E-state index in [9.17, 15) is 0 Å². The first-order chi connectivity index (χ1) is 9.25. The summed E-state index contributed by atoms with van der Waals surface area (Å²) >= 11 is 1.65. The Balaban J connectivity index is 1.96. The van der Waals surface area contributed by atoms with E-state index in [4.69, 9.17) is 5.73 Å². The molecule has 3 heteroatoms. The zero-order valence-electron chi connectivity index (χ0n) is 10.8. The number of thiazole rings is 1. The second-order valence-corrected chi connectivity index (χ2v) is 5.64. The van der Waals surface area contributed by atoms with Crippen molar-refractivity contribution in [2.24, 2.45) is 5.73 Å². The molecule has 0 radical (unpaired) electrons. The van der Waals surface area contributed by atoms with Crippen molar-refractivity contribution < 1.29 is 0 Å². The van der Waals surface area contributed by atoms with Crippen LogP contribution in [0, 0.1) is 6.92 Å². The molecule has 1 aromatic heterocycles. The molecule has 2 N–H and O–H groups in total. The molecular weight excluding hydrogens is 252 g/mol. The molecule has 2 nitrogen and oxygen atoms in total. The van der Waals surface area contributed by atoms with Crippen LogP contribution in [0.2, 0.25) is 0 Å². The molecule has 0 aliphatic rings. The average Bonchev–Trinajstić information content (AvgIpc) is 2.85. The Bertz CT molecular complexity index is 697. The summed E-state index contributed by atoms with van der Waals surface area (Å²) < 4.78 is 0. The molecule has 2 aromatic carbocycles. The predicted molar refractivity (Wildman–Crippen MR) is 81.4 cm³/mol. The number of nitrogens with two attached hydrogens (primary N) is 1. The van der Waals surface area contributed by atoms with Gasteiger partial charge < -0.3 is 5.73 Å². The molecule has 0 fully saturated rings. The van der Waals surface area contributed by atoms with Crippen LogP contribution in [0.25, 0.3) is 10.8 Å². The summed E-state index contributed by atoms with van der Waals surface area (Å²) in [4.78, 5) is 5.47. The zero-order valence-corrected chi connectivity index (χ0v) is 11.7. The van der Waals surface area contributed by atoms with Crippen molar-refractivity contribution in [1.82, 2.24) is 4.98 Å². The summed E-state index contributed by atoms with van der Waals surface area (Å²) in [7, 11) is 0. The molecule has 1 unspecified atom stereocenters. The van der Waals surface area contributed by atoms with Crippen LogP contribution < -0.4 is 5.73 Å². The van der Waals surface area contributed by atoms with E-state index in [1.807, 2.05) is 12.4 Å². The minimum Gasteiger partial charge on any atom is -0.323 e. The van der Waals surface area contributed by atoms with Crippen molar-refractivity contribution in [3.63, 3.8) is 0 Å². The van der Waals surface area contributed by atoms with Gasteiger partial charge in [-0.1, -0.05) is 42.5 Å². The quantitative estimate of drug-likeness (QED) is 0.783. The lowest BCUT2D eigenvalue weighted by molar-refractivity contribution is 0.732. The first-order valence-electron chi connectivity index (χ1n) is 6.38. The molecule has 1 heterocycles. The molecule has 0 aliphatic heterocycles.